The third-order valence-electron chi connectivity index (χ3n) is 1.33. The van der Waals surface area contributed by atoms with E-state index in [1.165, 1.54) is 0 Å². The zero-order chi connectivity index (χ0) is 7.98. The van der Waals surface area contributed by atoms with Crippen molar-refractivity contribution >= 4 is 0 Å². The molecule has 1 N–H and O–H groups in total. The smallest absolute Gasteiger partial charge is 0.109 e. The normalized spacial score (nSPS) is 14.1. The van der Waals surface area contributed by atoms with Gasteiger partial charge in [-0.15, -0.1) is 0 Å². The Bertz CT molecular complexity index is 76.0. The fraction of sp³-hybridized carbons (Fsp3) is 1.00. The number of rotatable bonds is 5. The van der Waals surface area contributed by atoms with Gasteiger partial charge in [0.25, 0.3) is 0 Å². The summed E-state index contributed by atoms with van der Waals surface area (Å²) in [6, 6.07) is 0. The molecule has 0 rings (SSSR count). The van der Waals surface area contributed by atoms with Gasteiger partial charge in [-0.2, -0.15) is 0 Å². The lowest BCUT2D eigenvalue weighted by Gasteiger charge is -2.22. The van der Waals surface area contributed by atoms with Gasteiger partial charge in [0, 0.05) is 0 Å². The van der Waals surface area contributed by atoms with Crippen molar-refractivity contribution in [2.75, 3.05) is 27.3 Å². The van der Waals surface area contributed by atoms with Crippen molar-refractivity contribution in [2.45, 2.75) is 19.6 Å². The van der Waals surface area contributed by atoms with E-state index >= 15 is 0 Å². The third kappa shape index (κ3) is 3.82. The Kier molecular flexibility index (Phi) is 5.58. The Labute approximate surface area is 62.6 Å². The standard InChI is InChI=1S/C7H17NO2/c1-4-7(8(2)3)10-6-5-9/h7,9H,4-6H2,1-3H3. The molecule has 0 aromatic carbocycles. The Hall–Kier alpha value is -0.120. The molecule has 0 aliphatic heterocycles. The number of aliphatic hydroxyl groups excluding tert-OH is 1. The van der Waals surface area contributed by atoms with Gasteiger partial charge in [0.2, 0.25) is 0 Å². The van der Waals surface area contributed by atoms with Crippen LogP contribution in [0.3, 0.4) is 0 Å². The molecule has 0 saturated carbocycles. The minimum Gasteiger partial charge on any atom is -0.394 e. The number of hydrogen-bond donors (Lipinski definition) is 1. The SMILES string of the molecule is CCC(OCCO)N(C)C. The second-order valence-corrected chi connectivity index (χ2v) is 2.42. The molecule has 0 aromatic rings. The summed E-state index contributed by atoms with van der Waals surface area (Å²) in [5.74, 6) is 0. The van der Waals surface area contributed by atoms with Gasteiger partial charge in [-0.25, -0.2) is 0 Å². The van der Waals surface area contributed by atoms with Gasteiger partial charge >= 0.3 is 0 Å². The van der Waals surface area contributed by atoms with E-state index in [4.69, 9.17) is 9.84 Å². The van der Waals surface area contributed by atoms with Crippen molar-refractivity contribution in [2.24, 2.45) is 0 Å². The van der Waals surface area contributed by atoms with Gasteiger partial charge in [-0.05, 0) is 20.5 Å². The van der Waals surface area contributed by atoms with E-state index in [0.717, 1.165) is 6.42 Å². The molecule has 0 aromatic heterocycles. The van der Waals surface area contributed by atoms with Crippen LogP contribution in [0.1, 0.15) is 13.3 Å². The van der Waals surface area contributed by atoms with E-state index in [2.05, 4.69) is 6.92 Å². The van der Waals surface area contributed by atoms with Crippen LogP contribution in [-0.2, 0) is 4.74 Å². The maximum atomic E-state index is 8.45. The lowest BCUT2D eigenvalue weighted by molar-refractivity contribution is -0.0495. The second-order valence-electron chi connectivity index (χ2n) is 2.42. The summed E-state index contributed by atoms with van der Waals surface area (Å²) in [4.78, 5) is 2.00. The average molecular weight is 147 g/mol. The summed E-state index contributed by atoms with van der Waals surface area (Å²) in [7, 11) is 3.93. The highest BCUT2D eigenvalue weighted by atomic mass is 16.5. The van der Waals surface area contributed by atoms with Crippen molar-refractivity contribution in [3.05, 3.63) is 0 Å². The minimum atomic E-state index is 0.102. The van der Waals surface area contributed by atoms with Crippen LogP contribution >= 0.6 is 0 Å². The Morgan fingerprint density at radius 1 is 1.50 bits per heavy atom. The van der Waals surface area contributed by atoms with Gasteiger partial charge in [-0.1, -0.05) is 6.92 Å². The third-order valence-corrected chi connectivity index (χ3v) is 1.33. The highest BCUT2D eigenvalue weighted by Gasteiger charge is 2.06. The summed E-state index contributed by atoms with van der Waals surface area (Å²) in [6.45, 7) is 2.59. The van der Waals surface area contributed by atoms with Crippen molar-refractivity contribution in [3.8, 4) is 0 Å². The predicted octanol–water partition coefficient (Wildman–Crippen LogP) is 0.293. The average Bonchev–Trinajstić information content (AvgIpc) is 1.89. The molecule has 62 valence electrons. The minimum absolute atomic E-state index is 0.102. The molecular formula is C7H17NO2. The summed E-state index contributed by atoms with van der Waals surface area (Å²) >= 11 is 0. The van der Waals surface area contributed by atoms with Crippen molar-refractivity contribution in [1.82, 2.24) is 4.90 Å². The lowest BCUT2D eigenvalue weighted by Crippen LogP contribution is -2.30. The van der Waals surface area contributed by atoms with Crippen LogP contribution in [0.25, 0.3) is 0 Å². The molecule has 3 nitrogen and oxygen atoms in total. The summed E-state index contributed by atoms with van der Waals surface area (Å²) in [6.07, 6.45) is 1.10. The molecule has 0 saturated heterocycles. The highest BCUT2D eigenvalue weighted by molar-refractivity contribution is 4.49. The molecule has 0 aliphatic rings. The number of hydrogen-bond acceptors (Lipinski definition) is 3. The van der Waals surface area contributed by atoms with Gasteiger partial charge < -0.3 is 9.84 Å². The van der Waals surface area contributed by atoms with Crippen LogP contribution in [0.4, 0.5) is 0 Å². The van der Waals surface area contributed by atoms with Gasteiger partial charge in [0.05, 0.1) is 13.2 Å². The van der Waals surface area contributed by atoms with Crippen molar-refractivity contribution in [3.63, 3.8) is 0 Å². The first-order chi connectivity index (χ1) is 4.72. The van der Waals surface area contributed by atoms with Crippen LogP contribution in [0.5, 0.6) is 0 Å². The number of nitrogens with zero attached hydrogens (tertiary/aromatic N) is 1. The fourth-order valence-electron chi connectivity index (χ4n) is 0.821. The fourth-order valence-corrected chi connectivity index (χ4v) is 0.821. The Balaban J connectivity index is 3.40. The van der Waals surface area contributed by atoms with E-state index in [-0.39, 0.29) is 12.8 Å². The first-order valence-electron chi connectivity index (χ1n) is 3.61. The second kappa shape index (κ2) is 5.65. The first kappa shape index (κ1) is 9.88. The van der Waals surface area contributed by atoms with Gasteiger partial charge in [0.15, 0.2) is 0 Å². The molecule has 0 fully saturated rings. The van der Waals surface area contributed by atoms with E-state index in [1.54, 1.807) is 0 Å². The molecule has 3 heteroatoms. The lowest BCUT2D eigenvalue weighted by atomic mass is 10.4. The van der Waals surface area contributed by atoms with Crippen molar-refractivity contribution in [1.29, 1.82) is 0 Å². The van der Waals surface area contributed by atoms with E-state index in [0.29, 0.717) is 6.61 Å². The van der Waals surface area contributed by atoms with Crippen LogP contribution in [0.2, 0.25) is 0 Å². The van der Waals surface area contributed by atoms with Crippen LogP contribution < -0.4 is 0 Å². The molecule has 0 heterocycles. The van der Waals surface area contributed by atoms with Crippen LogP contribution in [0.15, 0.2) is 0 Å². The first-order valence-corrected chi connectivity index (χ1v) is 3.61. The van der Waals surface area contributed by atoms with E-state index in [9.17, 15) is 0 Å². The maximum Gasteiger partial charge on any atom is 0.109 e. The maximum absolute atomic E-state index is 8.45. The summed E-state index contributed by atoms with van der Waals surface area (Å²) in [5.41, 5.74) is 0. The van der Waals surface area contributed by atoms with Gasteiger partial charge in [-0.3, -0.25) is 4.90 Å². The van der Waals surface area contributed by atoms with Crippen LogP contribution in [-0.4, -0.2) is 43.5 Å². The molecule has 0 bridgehead atoms. The molecule has 0 amide bonds. The molecule has 0 radical (unpaired) electrons. The Morgan fingerprint density at radius 2 is 2.10 bits per heavy atom. The quantitative estimate of drug-likeness (QED) is 0.567. The van der Waals surface area contributed by atoms with Crippen molar-refractivity contribution < 1.29 is 9.84 Å². The Morgan fingerprint density at radius 3 is 2.40 bits per heavy atom. The topological polar surface area (TPSA) is 32.7 Å². The van der Waals surface area contributed by atoms with E-state index in [1.807, 2.05) is 19.0 Å². The zero-order valence-electron chi connectivity index (χ0n) is 7.00. The monoisotopic (exact) mass is 147 g/mol. The summed E-state index contributed by atoms with van der Waals surface area (Å²) in [5, 5.41) is 8.45. The number of ether oxygens (including phenoxy) is 1. The van der Waals surface area contributed by atoms with Crippen LogP contribution in [0, 0.1) is 0 Å². The summed E-state index contributed by atoms with van der Waals surface area (Å²) < 4.78 is 5.28. The molecule has 0 spiro atoms. The molecule has 1 unspecified atom stereocenters. The molecule has 10 heavy (non-hydrogen) atoms. The zero-order valence-corrected chi connectivity index (χ0v) is 7.00. The molecule has 0 aliphatic carbocycles. The largest absolute Gasteiger partial charge is 0.394 e. The molecule has 1 atom stereocenters. The van der Waals surface area contributed by atoms with E-state index < -0.39 is 0 Å². The predicted molar refractivity (Wildman–Crippen MR) is 40.8 cm³/mol. The van der Waals surface area contributed by atoms with Gasteiger partial charge in [0.1, 0.15) is 6.23 Å². The number of aliphatic hydroxyl groups is 1. The molecular weight excluding hydrogens is 130 g/mol. The highest BCUT2D eigenvalue weighted by Crippen LogP contribution is 1.99.